The zero-order valence-corrected chi connectivity index (χ0v) is 44.0. The Hall–Kier alpha value is -3.51. The van der Waals surface area contributed by atoms with Gasteiger partial charge in [0.05, 0.1) is 66.1 Å². The van der Waals surface area contributed by atoms with Crippen molar-refractivity contribution < 1.29 is 79.1 Å². The second-order valence-electron chi connectivity index (χ2n) is 17.0. The predicted molar refractivity (Wildman–Crippen MR) is 266 cm³/mol. The van der Waals surface area contributed by atoms with E-state index in [1.807, 2.05) is 6.92 Å². The average Bonchev–Trinajstić information content (AvgIpc) is 3.36. The number of benzene rings is 1. The molecule has 0 saturated carbocycles. The van der Waals surface area contributed by atoms with Crippen LogP contribution in [0.1, 0.15) is 143 Å². The number of unbranched alkanes of at least 4 members (excludes halogenated alkanes) is 8. The topological polar surface area (TPSA) is 212 Å². The number of nitrogens with two attached hydrogens (primary N) is 1. The number of halogens is 5. The number of nitrogens with one attached hydrogen (secondary N) is 3. The van der Waals surface area contributed by atoms with Crippen LogP contribution in [0.25, 0.3) is 0 Å². The maximum atomic E-state index is 13.8. The standard InChI is InChI=1S/C42H67F5N4O10.C8H18O2S/c1-3-23-57-27-29-59-25-21-49-32(53)15-18-42(17-14-31(2)52,19-16-33(54)50-22-26-60-30-28-58-24-20-48)51-34(55)12-10-8-6-4-5-7-9-11-13-35(56)61-41-39(46)37(44)36(43)38(45)40(41)47;1-2-3-4-9-5-6-10-7-8-11/h3-30,48H2,1-2H3,(H,49,53)(H,50,54)(H,51,55);11H,2-8H2,1H3. The van der Waals surface area contributed by atoms with Crippen molar-refractivity contribution in [3.8, 4) is 5.75 Å². The molecule has 1 aromatic carbocycles. The normalized spacial score (nSPS) is 11.9. The van der Waals surface area contributed by atoms with E-state index in [0.717, 1.165) is 57.5 Å². The molecule has 0 aliphatic carbocycles. The molecule has 1 unspecified atom stereocenters. The van der Waals surface area contributed by atoms with Crippen LogP contribution in [0, 0.1) is 29.1 Å². The molecule has 0 spiro atoms. The molecule has 1 aromatic rings. The molecule has 0 aliphatic heterocycles. The van der Waals surface area contributed by atoms with Crippen LogP contribution in [0.2, 0.25) is 0 Å². The first-order valence-corrected chi connectivity index (χ1v) is 26.1. The highest BCUT2D eigenvalue weighted by atomic mass is 32.1. The lowest BCUT2D eigenvalue weighted by Gasteiger charge is -2.35. The van der Waals surface area contributed by atoms with Crippen LogP contribution < -0.4 is 26.4 Å². The van der Waals surface area contributed by atoms with Crippen molar-refractivity contribution in [2.45, 2.75) is 148 Å². The molecule has 3 amide bonds. The molecular formula is C50H85F5N4O12S. The maximum absolute atomic E-state index is 13.8. The first-order chi connectivity index (χ1) is 34.7. The van der Waals surface area contributed by atoms with Crippen LogP contribution >= 0.6 is 12.6 Å². The largest absolute Gasteiger partial charge is 0.420 e. The minimum Gasteiger partial charge on any atom is -0.420 e. The Morgan fingerprint density at radius 2 is 0.917 bits per heavy atom. The van der Waals surface area contributed by atoms with Gasteiger partial charge in [0.2, 0.25) is 52.6 Å². The van der Waals surface area contributed by atoms with Crippen LogP contribution in [-0.4, -0.2) is 140 Å². The van der Waals surface area contributed by atoms with E-state index < -0.39 is 46.3 Å². The number of esters is 1. The Morgan fingerprint density at radius 3 is 1.39 bits per heavy atom. The summed E-state index contributed by atoms with van der Waals surface area (Å²) < 4.78 is 104. The molecule has 418 valence electrons. The summed E-state index contributed by atoms with van der Waals surface area (Å²) in [5, 5.41) is 8.71. The van der Waals surface area contributed by atoms with E-state index in [9.17, 15) is 45.9 Å². The molecule has 72 heavy (non-hydrogen) atoms. The molecule has 1 rings (SSSR count). The van der Waals surface area contributed by atoms with Gasteiger partial charge in [-0.2, -0.15) is 21.4 Å². The number of hydrogen-bond acceptors (Lipinski definition) is 14. The minimum atomic E-state index is -2.34. The van der Waals surface area contributed by atoms with Crippen LogP contribution in [0.3, 0.4) is 0 Å². The second kappa shape index (κ2) is 46.1. The maximum Gasteiger partial charge on any atom is 0.311 e. The zero-order chi connectivity index (χ0) is 53.7. The molecular weight excluding hydrogens is 976 g/mol. The monoisotopic (exact) mass is 1060 g/mol. The van der Waals surface area contributed by atoms with Crippen molar-refractivity contribution in [2.75, 3.05) is 105 Å². The van der Waals surface area contributed by atoms with Gasteiger partial charge in [-0.3, -0.25) is 19.2 Å². The van der Waals surface area contributed by atoms with Gasteiger partial charge in [-0.1, -0.05) is 58.8 Å². The van der Waals surface area contributed by atoms with Crippen molar-refractivity contribution in [2.24, 2.45) is 5.73 Å². The van der Waals surface area contributed by atoms with Crippen LogP contribution in [0.5, 0.6) is 5.75 Å². The van der Waals surface area contributed by atoms with Gasteiger partial charge < -0.3 is 59.6 Å². The minimum absolute atomic E-state index is 0.0415. The molecule has 0 heterocycles. The fourth-order valence-corrected chi connectivity index (χ4v) is 6.83. The molecule has 0 aliphatic rings. The van der Waals surface area contributed by atoms with Gasteiger partial charge in [-0.05, 0) is 51.9 Å². The molecule has 5 N–H and O–H groups in total. The zero-order valence-electron chi connectivity index (χ0n) is 43.1. The first-order valence-electron chi connectivity index (χ1n) is 25.5. The van der Waals surface area contributed by atoms with E-state index in [4.69, 9.17) is 34.2 Å². The van der Waals surface area contributed by atoms with Crippen molar-refractivity contribution in [3.05, 3.63) is 29.1 Å². The van der Waals surface area contributed by atoms with E-state index in [1.165, 1.54) is 13.3 Å². The summed E-state index contributed by atoms with van der Waals surface area (Å²) in [6, 6.07) is 0. The summed E-state index contributed by atoms with van der Waals surface area (Å²) in [6.07, 6.45) is 9.36. The molecule has 0 bridgehead atoms. The summed E-state index contributed by atoms with van der Waals surface area (Å²) in [5.74, 6) is -14.0. The molecule has 22 heteroatoms. The number of amides is 3. The Morgan fingerprint density at radius 1 is 0.486 bits per heavy atom. The number of carbonyl (C=O) groups excluding carboxylic acids is 5. The highest BCUT2D eigenvalue weighted by Crippen LogP contribution is 2.30. The molecule has 0 saturated heterocycles. The van der Waals surface area contributed by atoms with Crippen LogP contribution in [-0.2, 0) is 52.4 Å². The van der Waals surface area contributed by atoms with Crippen LogP contribution in [0.15, 0.2) is 0 Å². The molecule has 0 fully saturated rings. The van der Waals surface area contributed by atoms with Crippen LogP contribution in [0.4, 0.5) is 22.0 Å². The third-order valence-corrected chi connectivity index (χ3v) is 10.9. The number of thiol groups is 1. The van der Waals surface area contributed by atoms with Gasteiger partial charge in [-0.15, -0.1) is 0 Å². The van der Waals surface area contributed by atoms with E-state index in [2.05, 4.69) is 40.2 Å². The lowest BCUT2D eigenvalue weighted by Crippen LogP contribution is -2.50. The summed E-state index contributed by atoms with van der Waals surface area (Å²) in [4.78, 5) is 63.1. The first kappa shape index (κ1) is 68.5. The highest BCUT2D eigenvalue weighted by Gasteiger charge is 2.33. The number of ketones is 1. The number of hydrogen-bond donors (Lipinski definition) is 5. The van der Waals surface area contributed by atoms with E-state index in [0.29, 0.717) is 85.3 Å². The van der Waals surface area contributed by atoms with Gasteiger partial charge in [0, 0.05) is 76.2 Å². The summed E-state index contributed by atoms with van der Waals surface area (Å²) >= 11 is 4.01. The number of rotatable bonds is 46. The van der Waals surface area contributed by atoms with Crippen molar-refractivity contribution >= 4 is 42.1 Å². The molecule has 0 radical (unpaired) electrons. The smallest absolute Gasteiger partial charge is 0.311 e. The van der Waals surface area contributed by atoms with E-state index in [1.54, 1.807) is 0 Å². The fourth-order valence-electron chi connectivity index (χ4n) is 6.70. The summed E-state index contributed by atoms with van der Waals surface area (Å²) in [5.41, 5.74) is 4.39. The fraction of sp³-hybridized carbons (Fsp3) is 0.780. The number of carbonyl (C=O) groups is 5. The molecule has 0 aromatic heterocycles. The third kappa shape index (κ3) is 36.4. The van der Waals surface area contributed by atoms with Gasteiger partial charge >= 0.3 is 5.97 Å². The Labute approximate surface area is 429 Å². The summed E-state index contributed by atoms with van der Waals surface area (Å²) in [6.45, 7) is 12.8. The van der Waals surface area contributed by atoms with Gasteiger partial charge in [0.25, 0.3) is 0 Å². The second-order valence-corrected chi connectivity index (χ2v) is 17.4. The predicted octanol–water partition coefficient (Wildman–Crippen LogP) is 7.39. The van der Waals surface area contributed by atoms with E-state index in [-0.39, 0.29) is 101 Å². The lowest BCUT2D eigenvalue weighted by atomic mass is 9.82. The Kier molecular flexibility index (Phi) is 43.8. The molecule has 1 atom stereocenters. The highest BCUT2D eigenvalue weighted by molar-refractivity contribution is 7.80. The van der Waals surface area contributed by atoms with E-state index >= 15 is 0 Å². The number of Topliss-reactive ketones (excluding diaryl/α,β-unsaturated/α-hetero) is 1. The Balaban J connectivity index is 0.00000405. The summed E-state index contributed by atoms with van der Waals surface area (Å²) in [7, 11) is 0. The average molecular weight is 1060 g/mol. The lowest BCUT2D eigenvalue weighted by molar-refractivity contribution is -0.135. The third-order valence-electron chi connectivity index (χ3n) is 10.7. The number of ether oxygens (including phenoxy) is 7. The molecule has 16 nitrogen and oxygen atoms in total. The van der Waals surface area contributed by atoms with Crippen molar-refractivity contribution in [3.63, 3.8) is 0 Å². The quantitative estimate of drug-likeness (QED) is 0.00821. The van der Waals surface area contributed by atoms with Crippen molar-refractivity contribution in [1.29, 1.82) is 0 Å². The van der Waals surface area contributed by atoms with Crippen molar-refractivity contribution in [1.82, 2.24) is 16.0 Å². The SMILES string of the molecule is CCCCOCCOCCS.CCCOCCOCCNC(=O)CCC(CCC(C)=O)(CCC(=O)NCCOCCOCCN)NC(=O)CCCCCCCCCCC(=O)Oc1c(F)c(F)c(F)c(F)c1F. The van der Waals surface area contributed by atoms with Gasteiger partial charge in [0.15, 0.2) is 0 Å². The van der Waals surface area contributed by atoms with Gasteiger partial charge in [0.1, 0.15) is 5.78 Å². The Bertz CT molecular complexity index is 1550. The van der Waals surface area contributed by atoms with Gasteiger partial charge in [-0.25, -0.2) is 13.2 Å².